The molecule has 2 heteroatoms. The molecule has 1 aromatic carbocycles. The fourth-order valence-electron chi connectivity index (χ4n) is 2.05. The molecule has 0 saturated heterocycles. The lowest BCUT2D eigenvalue weighted by molar-refractivity contribution is 0.654. The lowest BCUT2D eigenvalue weighted by Gasteiger charge is -1.99. The van der Waals surface area contributed by atoms with E-state index in [-0.39, 0.29) is 0 Å². The van der Waals surface area contributed by atoms with E-state index in [1.807, 2.05) is 17.8 Å². The van der Waals surface area contributed by atoms with Gasteiger partial charge in [0.15, 0.2) is 0 Å². The first kappa shape index (κ1) is 11.9. The minimum absolute atomic E-state index is 1.08. The van der Waals surface area contributed by atoms with E-state index in [0.717, 1.165) is 12.1 Å². The van der Waals surface area contributed by atoms with Crippen LogP contribution in [-0.2, 0) is 13.5 Å². The van der Waals surface area contributed by atoms with E-state index >= 15 is 0 Å². The molecule has 0 atom stereocenters. The van der Waals surface area contributed by atoms with Crippen molar-refractivity contribution in [2.45, 2.75) is 32.6 Å². The second-order valence-corrected chi connectivity index (χ2v) is 4.47. The van der Waals surface area contributed by atoms with Gasteiger partial charge in [-0.25, -0.2) is 0 Å². The van der Waals surface area contributed by atoms with Crippen molar-refractivity contribution in [3.63, 3.8) is 0 Å². The summed E-state index contributed by atoms with van der Waals surface area (Å²) < 4.78 is 2.01. The summed E-state index contributed by atoms with van der Waals surface area (Å²) >= 11 is 0. The van der Waals surface area contributed by atoms with Crippen molar-refractivity contribution >= 4 is 0 Å². The Bertz CT molecular complexity index is 457. The van der Waals surface area contributed by atoms with Gasteiger partial charge in [0.05, 0.1) is 5.69 Å². The summed E-state index contributed by atoms with van der Waals surface area (Å²) in [6.07, 6.45) is 4.95. The zero-order valence-electron chi connectivity index (χ0n) is 10.7. The lowest BCUT2D eigenvalue weighted by atomic mass is 10.1. The second-order valence-electron chi connectivity index (χ2n) is 4.47. The fraction of sp³-hybridized carbons (Fsp3) is 0.400. The predicted molar refractivity (Wildman–Crippen MR) is 71.9 cm³/mol. The molecule has 0 radical (unpaired) electrons. The Morgan fingerprint density at radius 2 is 1.88 bits per heavy atom. The van der Waals surface area contributed by atoms with E-state index < -0.39 is 0 Å². The van der Waals surface area contributed by atoms with Gasteiger partial charge in [-0.05, 0) is 18.9 Å². The van der Waals surface area contributed by atoms with Gasteiger partial charge in [-0.1, -0.05) is 50.1 Å². The second kappa shape index (κ2) is 5.67. The van der Waals surface area contributed by atoms with Crippen molar-refractivity contribution < 1.29 is 0 Å². The largest absolute Gasteiger partial charge is 0.272 e. The van der Waals surface area contributed by atoms with Crippen LogP contribution in [0.15, 0.2) is 36.4 Å². The van der Waals surface area contributed by atoms with Gasteiger partial charge < -0.3 is 0 Å². The molecule has 2 aromatic rings. The van der Waals surface area contributed by atoms with Crippen LogP contribution in [-0.4, -0.2) is 9.78 Å². The Morgan fingerprint density at radius 1 is 1.12 bits per heavy atom. The summed E-state index contributed by atoms with van der Waals surface area (Å²) in [4.78, 5) is 0. The fourth-order valence-corrected chi connectivity index (χ4v) is 2.05. The lowest BCUT2D eigenvalue weighted by Crippen LogP contribution is -1.97. The molecule has 17 heavy (non-hydrogen) atoms. The van der Waals surface area contributed by atoms with Crippen LogP contribution in [0.1, 0.15) is 31.9 Å². The van der Waals surface area contributed by atoms with E-state index in [4.69, 9.17) is 0 Å². The average molecular weight is 228 g/mol. The number of rotatable bonds is 5. The monoisotopic (exact) mass is 228 g/mol. The summed E-state index contributed by atoms with van der Waals surface area (Å²) in [5.74, 6) is 0. The summed E-state index contributed by atoms with van der Waals surface area (Å²) in [5.41, 5.74) is 3.61. The third kappa shape index (κ3) is 2.96. The minimum atomic E-state index is 1.08. The molecule has 0 bridgehead atoms. The van der Waals surface area contributed by atoms with Crippen LogP contribution in [0.3, 0.4) is 0 Å². The van der Waals surface area contributed by atoms with Crippen LogP contribution < -0.4 is 0 Å². The zero-order chi connectivity index (χ0) is 12.1. The first-order valence-electron chi connectivity index (χ1n) is 6.39. The molecular weight excluding hydrogens is 208 g/mol. The van der Waals surface area contributed by atoms with E-state index in [0.29, 0.717) is 0 Å². The highest BCUT2D eigenvalue weighted by atomic mass is 15.3. The van der Waals surface area contributed by atoms with E-state index in [2.05, 4.69) is 42.4 Å². The maximum Gasteiger partial charge on any atom is 0.0925 e. The quantitative estimate of drug-likeness (QED) is 0.711. The minimum Gasteiger partial charge on any atom is -0.272 e. The first-order valence-corrected chi connectivity index (χ1v) is 6.39. The zero-order valence-corrected chi connectivity index (χ0v) is 10.7. The van der Waals surface area contributed by atoms with Crippen molar-refractivity contribution in [3.05, 3.63) is 42.1 Å². The number of hydrogen-bond donors (Lipinski definition) is 0. The van der Waals surface area contributed by atoms with Crippen molar-refractivity contribution in [3.8, 4) is 11.3 Å². The Balaban J connectivity index is 2.13. The normalized spacial score (nSPS) is 10.7. The van der Waals surface area contributed by atoms with E-state index in [1.165, 1.54) is 30.5 Å². The third-order valence-electron chi connectivity index (χ3n) is 3.08. The summed E-state index contributed by atoms with van der Waals surface area (Å²) in [6.45, 7) is 2.23. The molecule has 0 fully saturated rings. The van der Waals surface area contributed by atoms with Crippen LogP contribution in [0.5, 0.6) is 0 Å². The molecule has 0 aliphatic heterocycles. The highest BCUT2D eigenvalue weighted by Gasteiger charge is 2.06. The van der Waals surface area contributed by atoms with Gasteiger partial charge in [0.2, 0.25) is 0 Å². The number of hydrogen-bond acceptors (Lipinski definition) is 1. The van der Waals surface area contributed by atoms with Gasteiger partial charge in [-0.15, -0.1) is 0 Å². The highest BCUT2D eigenvalue weighted by Crippen LogP contribution is 2.19. The maximum absolute atomic E-state index is 4.58. The Kier molecular flexibility index (Phi) is 3.97. The number of unbranched alkanes of at least 4 members (excludes halogenated alkanes) is 2. The molecule has 2 nitrogen and oxygen atoms in total. The Morgan fingerprint density at radius 3 is 2.59 bits per heavy atom. The van der Waals surface area contributed by atoms with Crippen LogP contribution in [0.2, 0.25) is 0 Å². The molecule has 2 rings (SSSR count). The molecule has 0 N–H and O–H groups in total. The van der Waals surface area contributed by atoms with Crippen molar-refractivity contribution in [1.29, 1.82) is 0 Å². The number of nitrogens with zero attached hydrogens (tertiary/aromatic N) is 2. The Hall–Kier alpha value is -1.57. The molecule has 0 spiro atoms. The summed E-state index contributed by atoms with van der Waals surface area (Å²) in [6, 6.07) is 12.6. The van der Waals surface area contributed by atoms with Gasteiger partial charge in [0.25, 0.3) is 0 Å². The maximum atomic E-state index is 4.58. The van der Waals surface area contributed by atoms with Gasteiger partial charge in [0.1, 0.15) is 0 Å². The van der Waals surface area contributed by atoms with Crippen LogP contribution >= 0.6 is 0 Å². The van der Waals surface area contributed by atoms with E-state index in [9.17, 15) is 0 Å². The van der Waals surface area contributed by atoms with Crippen LogP contribution in [0.4, 0.5) is 0 Å². The number of benzene rings is 1. The highest BCUT2D eigenvalue weighted by molar-refractivity contribution is 5.59. The standard InChI is InChI=1S/C15H20N2/c1-3-4-6-11-14-12-15(16-17(14)2)13-9-7-5-8-10-13/h5,7-10,12H,3-4,6,11H2,1-2H3. The van der Waals surface area contributed by atoms with Gasteiger partial charge in [0, 0.05) is 18.3 Å². The molecule has 0 unspecified atom stereocenters. The van der Waals surface area contributed by atoms with Gasteiger partial charge in [-0.3, -0.25) is 4.68 Å². The summed E-state index contributed by atoms with van der Waals surface area (Å²) in [7, 11) is 2.04. The molecule has 1 heterocycles. The van der Waals surface area contributed by atoms with Crippen molar-refractivity contribution in [2.24, 2.45) is 7.05 Å². The van der Waals surface area contributed by atoms with Crippen LogP contribution in [0.25, 0.3) is 11.3 Å². The van der Waals surface area contributed by atoms with E-state index in [1.54, 1.807) is 0 Å². The molecule has 0 aliphatic carbocycles. The molecule has 0 amide bonds. The molecule has 90 valence electrons. The summed E-state index contributed by atoms with van der Waals surface area (Å²) in [5, 5.41) is 4.58. The van der Waals surface area contributed by atoms with Crippen LogP contribution in [0, 0.1) is 0 Å². The molecule has 0 saturated carbocycles. The number of aromatic nitrogens is 2. The SMILES string of the molecule is CCCCCc1cc(-c2ccccc2)nn1C. The molecule has 1 aromatic heterocycles. The van der Waals surface area contributed by atoms with Crippen molar-refractivity contribution in [1.82, 2.24) is 9.78 Å². The topological polar surface area (TPSA) is 17.8 Å². The van der Waals surface area contributed by atoms with Gasteiger partial charge in [-0.2, -0.15) is 5.10 Å². The Labute approximate surface area is 103 Å². The van der Waals surface area contributed by atoms with Gasteiger partial charge >= 0.3 is 0 Å². The first-order chi connectivity index (χ1) is 8.31. The smallest absolute Gasteiger partial charge is 0.0925 e. The third-order valence-corrected chi connectivity index (χ3v) is 3.08. The van der Waals surface area contributed by atoms with Crippen molar-refractivity contribution in [2.75, 3.05) is 0 Å². The molecular formula is C15H20N2. The number of aryl methyl sites for hydroxylation is 2. The predicted octanol–water partition coefficient (Wildman–Crippen LogP) is 3.82. The average Bonchev–Trinajstić information content (AvgIpc) is 2.73. The molecule has 0 aliphatic rings.